The highest BCUT2D eigenvalue weighted by atomic mass is 16.5. The lowest BCUT2D eigenvalue weighted by Crippen LogP contribution is -2.49. The van der Waals surface area contributed by atoms with Crippen LogP contribution >= 0.6 is 0 Å². The van der Waals surface area contributed by atoms with Crippen LogP contribution < -0.4 is 9.64 Å². The van der Waals surface area contributed by atoms with E-state index in [0.29, 0.717) is 38.5 Å². The van der Waals surface area contributed by atoms with Crippen molar-refractivity contribution in [1.82, 2.24) is 19.8 Å². The molecule has 2 saturated heterocycles. The van der Waals surface area contributed by atoms with Gasteiger partial charge in [-0.25, -0.2) is 4.98 Å². The maximum absolute atomic E-state index is 13.1. The van der Waals surface area contributed by atoms with E-state index in [4.69, 9.17) is 9.47 Å². The summed E-state index contributed by atoms with van der Waals surface area (Å²) in [5.74, 6) is 0.686. The summed E-state index contributed by atoms with van der Waals surface area (Å²) >= 11 is 0. The number of ether oxygens (including phenoxy) is 2. The van der Waals surface area contributed by atoms with Gasteiger partial charge in [0.05, 0.1) is 25.1 Å². The molecule has 2 aliphatic heterocycles. The van der Waals surface area contributed by atoms with Gasteiger partial charge >= 0.3 is 0 Å². The number of anilines is 1. The number of hydrogen-bond donors (Lipinski definition) is 0. The molecule has 2 amide bonds. The summed E-state index contributed by atoms with van der Waals surface area (Å²) in [6.45, 7) is 6.22. The Labute approximate surface area is 200 Å². The first-order chi connectivity index (χ1) is 16.5. The Hall–Kier alpha value is -3.20. The molecule has 182 valence electrons. The third-order valence-corrected chi connectivity index (χ3v) is 6.40. The molecule has 34 heavy (non-hydrogen) atoms. The molecule has 1 atom stereocenters. The monoisotopic (exact) mass is 467 g/mol. The van der Waals surface area contributed by atoms with Crippen molar-refractivity contribution >= 4 is 17.5 Å². The molecule has 2 fully saturated rings. The maximum Gasteiger partial charge on any atom is 0.274 e. The molecule has 0 spiro atoms. The van der Waals surface area contributed by atoms with Crippen LogP contribution in [-0.2, 0) is 9.53 Å². The van der Waals surface area contributed by atoms with E-state index >= 15 is 0 Å². The second kappa shape index (κ2) is 11.3. The minimum Gasteiger partial charge on any atom is -0.497 e. The topological polar surface area (TPSA) is 88.1 Å². The summed E-state index contributed by atoms with van der Waals surface area (Å²) in [4.78, 5) is 40.4. The molecule has 9 nitrogen and oxygen atoms in total. The SMILES string of the molecule is COc1ccc(N2CCN(C(=O)CCN(CC3CCCO3)C(=O)c3cnc(C)cn3)CC2)cc1. The summed E-state index contributed by atoms with van der Waals surface area (Å²) < 4.78 is 11.0. The molecule has 0 bridgehead atoms. The predicted octanol–water partition coefficient (Wildman–Crippen LogP) is 2.15. The van der Waals surface area contributed by atoms with Crippen LogP contribution in [0.5, 0.6) is 5.75 Å². The van der Waals surface area contributed by atoms with Crippen LogP contribution in [0.25, 0.3) is 0 Å². The van der Waals surface area contributed by atoms with Gasteiger partial charge in [0.15, 0.2) is 0 Å². The quantitative estimate of drug-likeness (QED) is 0.588. The van der Waals surface area contributed by atoms with Gasteiger partial charge in [0.25, 0.3) is 5.91 Å². The summed E-state index contributed by atoms with van der Waals surface area (Å²) in [6, 6.07) is 7.98. The third kappa shape index (κ3) is 6.02. The molecule has 0 N–H and O–H groups in total. The number of rotatable bonds is 8. The average molecular weight is 468 g/mol. The Bertz CT molecular complexity index is 952. The zero-order valence-corrected chi connectivity index (χ0v) is 20.0. The molecule has 4 rings (SSSR count). The molecular weight excluding hydrogens is 434 g/mol. The number of carbonyl (C=O) groups is 2. The zero-order valence-electron chi connectivity index (χ0n) is 20.0. The molecule has 0 radical (unpaired) electrons. The highest BCUT2D eigenvalue weighted by molar-refractivity contribution is 5.92. The fraction of sp³-hybridized carbons (Fsp3) is 0.520. The highest BCUT2D eigenvalue weighted by Crippen LogP contribution is 2.21. The number of piperazine rings is 1. The Morgan fingerprint density at radius 3 is 2.50 bits per heavy atom. The molecule has 1 aromatic carbocycles. The van der Waals surface area contributed by atoms with E-state index < -0.39 is 0 Å². The maximum atomic E-state index is 13.1. The van der Waals surface area contributed by atoms with Crippen molar-refractivity contribution in [2.24, 2.45) is 0 Å². The van der Waals surface area contributed by atoms with Gasteiger partial charge in [0.2, 0.25) is 5.91 Å². The number of carbonyl (C=O) groups excluding carboxylic acids is 2. The van der Waals surface area contributed by atoms with E-state index in [1.807, 2.05) is 36.1 Å². The molecule has 0 aliphatic carbocycles. The molecule has 9 heteroatoms. The van der Waals surface area contributed by atoms with E-state index in [9.17, 15) is 9.59 Å². The highest BCUT2D eigenvalue weighted by Gasteiger charge is 2.27. The van der Waals surface area contributed by atoms with Gasteiger partial charge in [-0.15, -0.1) is 0 Å². The molecule has 2 aliphatic rings. The third-order valence-electron chi connectivity index (χ3n) is 6.40. The molecule has 3 heterocycles. The van der Waals surface area contributed by atoms with E-state index in [2.05, 4.69) is 14.9 Å². The molecule has 1 aromatic heterocycles. The number of methoxy groups -OCH3 is 1. The van der Waals surface area contributed by atoms with E-state index in [-0.39, 0.29) is 24.3 Å². The molecule has 1 unspecified atom stereocenters. The smallest absolute Gasteiger partial charge is 0.274 e. The van der Waals surface area contributed by atoms with Gasteiger partial charge in [-0.1, -0.05) is 0 Å². The number of amides is 2. The van der Waals surface area contributed by atoms with Crippen LogP contribution in [0.1, 0.15) is 35.4 Å². The van der Waals surface area contributed by atoms with Crippen molar-refractivity contribution < 1.29 is 19.1 Å². The summed E-state index contributed by atoms with van der Waals surface area (Å²) in [5, 5.41) is 0. The first-order valence-corrected chi connectivity index (χ1v) is 11.9. The minimum atomic E-state index is -0.208. The van der Waals surface area contributed by atoms with Crippen molar-refractivity contribution in [3.8, 4) is 5.75 Å². The lowest BCUT2D eigenvalue weighted by Gasteiger charge is -2.36. The summed E-state index contributed by atoms with van der Waals surface area (Å²) in [6.07, 6.45) is 5.29. The fourth-order valence-corrected chi connectivity index (χ4v) is 4.37. The zero-order chi connectivity index (χ0) is 23.9. The van der Waals surface area contributed by atoms with Gasteiger partial charge < -0.3 is 24.2 Å². The molecule has 2 aromatic rings. The number of hydrogen-bond acceptors (Lipinski definition) is 7. The lowest BCUT2D eigenvalue weighted by molar-refractivity contribution is -0.131. The second-order valence-electron chi connectivity index (χ2n) is 8.75. The Kier molecular flexibility index (Phi) is 7.95. The first kappa shape index (κ1) is 23.9. The van der Waals surface area contributed by atoms with E-state index in [1.54, 1.807) is 18.2 Å². The summed E-state index contributed by atoms with van der Waals surface area (Å²) in [7, 11) is 1.66. The normalized spacial score (nSPS) is 18.1. The second-order valence-corrected chi connectivity index (χ2v) is 8.75. The van der Waals surface area contributed by atoms with Crippen molar-refractivity contribution in [2.75, 3.05) is 57.9 Å². The van der Waals surface area contributed by atoms with Crippen molar-refractivity contribution in [2.45, 2.75) is 32.3 Å². The van der Waals surface area contributed by atoms with Crippen molar-refractivity contribution in [3.63, 3.8) is 0 Å². The summed E-state index contributed by atoms with van der Waals surface area (Å²) in [5.41, 5.74) is 2.18. The van der Waals surface area contributed by atoms with Crippen LogP contribution in [0.3, 0.4) is 0 Å². The number of aryl methyl sites for hydroxylation is 1. The Morgan fingerprint density at radius 1 is 1.12 bits per heavy atom. The van der Waals surface area contributed by atoms with E-state index in [0.717, 1.165) is 43.1 Å². The van der Waals surface area contributed by atoms with Crippen LogP contribution in [0.4, 0.5) is 5.69 Å². The van der Waals surface area contributed by atoms with Gasteiger partial charge in [0, 0.05) is 64.2 Å². The van der Waals surface area contributed by atoms with Gasteiger partial charge in [0.1, 0.15) is 11.4 Å². The first-order valence-electron chi connectivity index (χ1n) is 11.9. The average Bonchev–Trinajstić information content (AvgIpc) is 3.40. The fourth-order valence-electron chi connectivity index (χ4n) is 4.37. The standard InChI is InChI=1S/C25H33N5O4/c1-19-16-27-23(17-26-19)25(32)30(18-22-4-3-15-34-22)10-9-24(31)29-13-11-28(12-14-29)20-5-7-21(33-2)8-6-20/h5-8,16-17,22H,3-4,9-15,18H2,1-2H3. The number of aromatic nitrogens is 2. The van der Waals surface area contributed by atoms with Crippen LogP contribution in [0, 0.1) is 6.92 Å². The van der Waals surface area contributed by atoms with Gasteiger partial charge in [-0.3, -0.25) is 14.6 Å². The van der Waals surface area contributed by atoms with Crippen molar-refractivity contribution in [1.29, 1.82) is 0 Å². The largest absolute Gasteiger partial charge is 0.497 e. The number of nitrogens with zero attached hydrogens (tertiary/aromatic N) is 5. The predicted molar refractivity (Wildman–Crippen MR) is 128 cm³/mol. The van der Waals surface area contributed by atoms with Crippen LogP contribution in [0.2, 0.25) is 0 Å². The van der Waals surface area contributed by atoms with E-state index in [1.165, 1.54) is 6.20 Å². The Balaban J connectivity index is 1.32. The number of benzene rings is 1. The van der Waals surface area contributed by atoms with Crippen LogP contribution in [0.15, 0.2) is 36.7 Å². The molecular formula is C25H33N5O4. The van der Waals surface area contributed by atoms with Gasteiger partial charge in [-0.05, 0) is 44.0 Å². The Morgan fingerprint density at radius 2 is 1.88 bits per heavy atom. The van der Waals surface area contributed by atoms with Crippen molar-refractivity contribution in [3.05, 3.63) is 48.0 Å². The lowest BCUT2D eigenvalue weighted by atomic mass is 10.2. The molecule has 0 saturated carbocycles. The van der Waals surface area contributed by atoms with Crippen LogP contribution in [-0.4, -0.2) is 90.7 Å². The minimum absolute atomic E-state index is 0.00509. The van der Waals surface area contributed by atoms with Gasteiger partial charge in [-0.2, -0.15) is 0 Å².